The zero-order valence-corrected chi connectivity index (χ0v) is 20.4. The summed E-state index contributed by atoms with van der Waals surface area (Å²) in [5.41, 5.74) is 3.52. The average molecular weight is 495 g/mol. The molecule has 0 aliphatic carbocycles. The zero-order chi connectivity index (χ0) is 24.0. The number of anilines is 3. The molecule has 1 aliphatic heterocycles. The maximum Gasteiger partial charge on any atom is 0.248 e. The van der Waals surface area contributed by atoms with Crippen LogP contribution in [0.15, 0.2) is 124 Å². The Balaban J connectivity index is 1.22. The third-order valence-corrected chi connectivity index (χ3v) is 7.52. The van der Waals surface area contributed by atoms with E-state index in [4.69, 9.17) is 0 Å². The lowest BCUT2D eigenvalue weighted by atomic mass is 10.2. The summed E-state index contributed by atoms with van der Waals surface area (Å²) in [5, 5.41) is 2.87. The Morgan fingerprint density at radius 1 is 0.771 bits per heavy atom. The summed E-state index contributed by atoms with van der Waals surface area (Å²) in [5.74, 6) is 0.141. The van der Waals surface area contributed by atoms with Gasteiger partial charge in [-0.2, -0.15) is 0 Å². The van der Waals surface area contributed by atoms with E-state index in [1.807, 2.05) is 108 Å². The van der Waals surface area contributed by atoms with Crippen molar-refractivity contribution in [3.8, 4) is 0 Å². The number of nitrogens with zero attached hydrogens (tertiary/aromatic N) is 1. The Morgan fingerprint density at radius 2 is 1.37 bits per heavy atom. The average Bonchev–Trinajstić information content (AvgIpc) is 2.90. The third kappa shape index (κ3) is 5.50. The molecule has 0 unspecified atom stereocenters. The number of nitrogens with one attached hydrogen (secondary N) is 1. The Hall–Kier alpha value is -3.74. The molecule has 1 heterocycles. The molecule has 0 saturated heterocycles. The van der Waals surface area contributed by atoms with Gasteiger partial charge in [0, 0.05) is 26.4 Å². The van der Waals surface area contributed by atoms with E-state index in [0.29, 0.717) is 11.4 Å². The van der Waals surface area contributed by atoms with Crippen molar-refractivity contribution in [3.63, 3.8) is 0 Å². The van der Waals surface area contributed by atoms with Crippen LogP contribution in [0, 0.1) is 0 Å². The van der Waals surface area contributed by atoms with Gasteiger partial charge in [-0.05, 0) is 60.2 Å². The van der Waals surface area contributed by atoms with E-state index in [1.165, 1.54) is 17.8 Å². The van der Waals surface area contributed by atoms with Crippen LogP contribution in [0.2, 0.25) is 0 Å². The topological polar surface area (TPSA) is 49.4 Å². The molecule has 4 nitrogen and oxygen atoms in total. The summed E-state index contributed by atoms with van der Waals surface area (Å²) in [6.07, 6.45) is 3.30. The third-order valence-electron chi connectivity index (χ3n) is 5.39. The molecule has 0 saturated carbocycles. The van der Waals surface area contributed by atoms with Crippen LogP contribution in [0.25, 0.3) is 6.08 Å². The summed E-state index contributed by atoms with van der Waals surface area (Å²) in [4.78, 5) is 30.5. The number of carbonyl (C=O) groups excluding carboxylic acids is 2. The van der Waals surface area contributed by atoms with E-state index in [-0.39, 0.29) is 11.8 Å². The standard InChI is InChI=1S/C29H22N2O2S2/c32-28(19-14-21-8-2-1-3-9-21)30-22-15-17-23(18-16-22)34-20-29(33)31-24-10-4-6-12-26(24)35-27-13-7-5-11-25(27)31/h1-19H,20H2,(H,30,32)/b19-14+. The first-order chi connectivity index (χ1) is 17.2. The zero-order valence-electron chi connectivity index (χ0n) is 18.8. The Labute approximate surface area is 213 Å². The summed E-state index contributed by atoms with van der Waals surface area (Å²) in [7, 11) is 0. The number of hydrogen-bond donors (Lipinski definition) is 1. The monoisotopic (exact) mass is 494 g/mol. The van der Waals surface area contributed by atoms with Crippen LogP contribution in [0.1, 0.15) is 5.56 Å². The van der Waals surface area contributed by atoms with Gasteiger partial charge in [0.05, 0.1) is 17.1 Å². The predicted octanol–water partition coefficient (Wildman–Crippen LogP) is 7.26. The first-order valence-electron chi connectivity index (χ1n) is 11.1. The fourth-order valence-corrected chi connectivity index (χ4v) is 5.54. The molecule has 5 rings (SSSR count). The molecule has 0 fully saturated rings. The Kier molecular flexibility index (Phi) is 7.02. The van der Waals surface area contributed by atoms with Crippen molar-refractivity contribution < 1.29 is 9.59 Å². The molecule has 0 spiro atoms. The van der Waals surface area contributed by atoms with Crippen molar-refractivity contribution in [1.82, 2.24) is 0 Å². The van der Waals surface area contributed by atoms with Gasteiger partial charge in [0.15, 0.2) is 0 Å². The molecular weight excluding hydrogens is 472 g/mol. The minimum absolute atomic E-state index is 0.0265. The Bertz CT molecular complexity index is 1340. The highest BCUT2D eigenvalue weighted by Gasteiger charge is 2.27. The van der Waals surface area contributed by atoms with Crippen molar-refractivity contribution in [3.05, 3.63) is 115 Å². The van der Waals surface area contributed by atoms with Gasteiger partial charge in [0.1, 0.15) is 0 Å². The van der Waals surface area contributed by atoms with Crippen LogP contribution >= 0.6 is 23.5 Å². The molecular formula is C29H22N2O2S2. The van der Waals surface area contributed by atoms with E-state index in [1.54, 1.807) is 17.8 Å². The fraction of sp³-hybridized carbons (Fsp3) is 0.0345. The first-order valence-corrected chi connectivity index (χ1v) is 12.9. The van der Waals surface area contributed by atoms with Gasteiger partial charge < -0.3 is 5.32 Å². The smallest absolute Gasteiger partial charge is 0.248 e. The first kappa shape index (κ1) is 23.0. The quantitative estimate of drug-likeness (QED) is 0.226. The molecule has 1 N–H and O–H groups in total. The van der Waals surface area contributed by atoms with Crippen molar-refractivity contribution in [2.45, 2.75) is 14.7 Å². The summed E-state index contributed by atoms with van der Waals surface area (Å²) >= 11 is 3.17. The number of benzene rings is 4. The molecule has 4 aromatic carbocycles. The lowest BCUT2D eigenvalue weighted by Gasteiger charge is -2.31. The molecule has 1 aliphatic rings. The minimum atomic E-state index is -0.190. The number of amides is 2. The minimum Gasteiger partial charge on any atom is -0.323 e. The fourth-order valence-electron chi connectivity index (χ4n) is 3.74. The van der Waals surface area contributed by atoms with E-state index in [9.17, 15) is 9.59 Å². The van der Waals surface area contributed by atoms with Gasteiger partial charge in [0.25, 0.3) is 0 Å². The molecule has 35 heavy (non-hydrogen) atoms. The van der Waals surface area contributed by atoms with Gasteiger partial charge in [0.2, 0.25) is 11.8 Å². The largest absolute Gasteiger partial charge is 0.323 e. The molecule has 0 bridgehead atoms. The lowest BCUT2D eigenvalue weighted by Crippen LogP contribution is -2.29. The van der Waals surface area contributed by atoms with Crippen molar-refractivity contribution >= 4 is 58.5 Å². The van der Waals surface area contributed by atoms with Crippen molar-refractivity contribution in [2.24, 2.45) is 0 Å². The highest BCUT2D eigenvalue weighted by atomic mass is 32.2. The van der Waals surface area contributed by atoms with E-state index < -0.39 is 0 Å². The summed E-state index contributed by atoms with van der Waals surface area (Å²) in [6.45, 7) is 0. The highest BCUT2D eigenvalue weighted by molar-refractivity contribution is 8.00. The van der Waals surface area contributed by atoms with Gasteiger partial charge in [-0.1, -0.05) is 66.4 Å². The van der Waals surface area contributed by atoms with Gasteiger partial charge in [-0.15, -0.1) is 11.8 Å². The van der Waals surface area contributed by atoms with Crippen LogP contribution in [0.4, 0.5) is 17.1 Å². The molecule has 2 amide bonds. The van der Waals surface area contributed by atoms with Crippen molar-refractivity contribution in [2.75, 3.05) is 16.0 Å². The number of hydrogen-bond acceptors (Lipinski definition) is 4. The maximum atomic E-state index is 13.3. The van der Waals surface area contributed by atoms with Crippen LogP contribution in [-0.2, 0) is 9.59 Å². The van der Waals surface area contributed by atoms with Crippen LogP contribution in [-0.4, -0.2) is 17.6 Å². The number of rotatable bonds is 6. The summed E-state index contributed by atoms with van der Waals surface area (Å²) in [6, 6.07) is 33.2. The molecule has 4 aromatic rings. The second-order valence-corrected chi connectivity index (χ2v) is 9.95. The number of thioether (sulfide) groups is 1. The van der Waals surface area contributed by atoms with Crippen molar-refractivity contribution in [1.29, 1.82) is 0 Å². The molecule has 0 aromatic heterocycles. The van der Waals surface area contributed by atoms with Gasteiger partial charge >= 0.3 is 0 Å². The Morgan fingerprint density at radius 3 is 2.03 bits per heavy atom. The predicted molar refractivity (Wildman–Crippen MR) is 145 cm³/mol. The van der Waals surface area contributed by atoms with E-state index >= 15 is 0 Å². The molecule has 0 radical (unpaired) electrons. The number of para-hydroxylation sites is 2. The number of carbonyl (C=O) groups is 2. The number of fused-ring (bicyclic) bond motifs is 2. The van der Waals surface area contributed by atoms with Crippen LogP contribution in [0.5, 0.6) is 0 Å². The van der Waals surface area contributed by atoms with Crippen LogP contribution < -0.4 is 10.2 Å². The second-order valence-electron chi connectivity index (χ2n) is 7.81. The SMILES string of the molecule is O=C(/C=C/c1ccccc1)Nc1ccc(SCC(=O)N2c3ccccc3Sc3ccccc32)cc1. The van der Waals surface area contributed by atoms with Gasteiger partial charge in [-0.25, -0.2) is 0 Å². The van der Waals surface area contributed by atoms with E-state index in [0.717, 1.165) is 31.6 Å². The molecule has 0 atom stereocenters. The molecule has 172 valence electrons. The molecule has 6 heteroatoms. The summed E-state index contributed by atoms with van der Waals surface area (Å²) < 4.78 is 0. The highest BCUT2D eigenvalue weighted by Crippen LogP contribution is 2.48. The normalized spacial score (nSPS) is 12.2. The van der Waals surface area contributed by atoms with Gasteiger partial charge in [-0.3, -0.25) is 14.5 Å². The van der Waals surface area contributed by atoms with Crippen LogP contribution in [0.3, 0.4) is 0 Å². The second kappa shape index (κ2) is 10.7. The maximum absolute atomic E-state index is 13.3. The lowest BCUT2D eigenvalue weighted by molar-refractivity contribution is -0.115. The van der Waals surface area contributed by atoms with E-state index in [2.05, 4.69) is 5.32 Å².